The van der Waals surface area contributed by atoms with Gasteiger partial charge in [0.2, 0.25) is 0 Å². The molecule has 1 aromatic heterocycles. The van der Waals surface area contributed by atoms with E-state index in [1.54, 1.807) is 0 Å². The Morgan fingerprint density at radius 2 is 1.09 bits per heavy atom. The van der Waals surface area contributed by atoms with Crippen LogP contribution in [0.1, 0.15) is 154 Å². The van der Waals surface area contributed by atoms with E-state index in [0.29, 0.717) is 0 Å². The van der Waals surface area contributed by atoms with Crippen molar-refractivity contribution in [3.63, 3.8) is 0 Å². The second-order valence-corrected chi connectivity index (χ2v) is 25.6. The highest BCUT2D eigenvalue weighted by atomic mass is 15.1. The lowest BCUT2D eigenvalue weighted by atomic mass is 9.43. The van der Waals surface area contributed by atoms with Gasteiger partial charge in [-0.15, -0.1) is 0 Å². The van der Waals surface area contributed by atoms with Gasteiger partial charge in [0.05, 0.1) is 11.0 Å². The Hall–Kier alpha value is -5.80. The third-order valence-corrected chi connectivity index (χ3v) is 17.9. The highest BCUT2D eigenvalue weighted by molar-refractivity contribution is 6.94. The summed E-state index contributed by atoms with van der Waals surface area (Å²) in [5.41, 5.74) is 29.1. The van der Waals surface area contributed by atoms with Crippen LogP contribution in [0.15, 0.2) is 115 Å². The van der Waals surface area contributed by atoms with E-state index in [4.69, 9.17) is 0 Å². The summed E-state index contributed by atoms with van der Waals surface area (Å²) in [5.74, 6) is 0. The highest BCUT2D eigenvalue weighted by Crippen LogP contribution is 2.61. The van der Waals surface area contributed by atoms with Crippen molar-refractivity contribution < 1.29 is 0 Å². The molecule has 0 unspecified atom stereocenters. The monoisotopic (exact) mass is 873 g/mol. The zero-order valence-electron chi connectivity index (χ0n) is 42.4. The second-order valence-electron chi connectivity index (χ2n) is 25.6. The lowest BCUT2D eigenvalue weighted by molar-refractivity contribution is 0.332. The van der Waals surface area contributed by atoms with Gasteiger partial charge in [0.25, 0.3) is 0 Å². The number of nitrogens with zero attached hydrogens (tertiary/aromatic N) is 2. The van der Waals surface area contributed by atoms with Crippen molar-refractivity contribution >= 4 is 51.0 Å². The van der Waals surface area contributed by atoms with E-state index in [9.17, 15) is 0 Å². The summed E-state index contributed by atoms with van der Waals surface area (Å²) in [6, 6.07) is 46.4. The SMILES string of the molecule is CC(C)(C)c1ccc(N2B3c4cc5c(cc4-n4c6cc7c(cc6c6c8c(c(c3c64)-c3cc(C(C)(C)C)ccc32)-c2ccccc2C8(C)C)C(C)(C)CCC7(C)C)C(C)(C)c2ccccc2-5)cc1. The minimum absolute atomic E-state index is 0.0341. The van der Waals surface area contributed by atoms with Crippen LogP contribution >= 0.6 is 0 Å². The smallest absolute Gasteiger partial charge is 0.333 e. The molecule has 2 aliphatic heterocycles. The maximum atomic E-state index is 2.80. The van der Waals surface area contributed by atoms with Crippen LogP contribution in [0.25, 0.3) is 60.9 Å². The standard InChI is InChI=1S/C64H65BN2/c1-59(2,3)36-23-26-38(27-24-36)67-50-28-25-37(60(4,5)6)31-42(50)54-53-40-20-16-18-22-45(40)64(13,14)56(53)55-43-32-47-48(62(9,10)30-29-61(47,7)8)35-51(43)66-52-34-46-41(33-49(52)65(67)57(54)58(55)66)39-19-15-17-21-44(39)63(46,11)12/h15-28,31-35H,29-30H2,1-14H3. The molecule has 0 N–H and O–H groups in total. The number of benzene rings is 7. The maximum Gasteiger partial charge on any atom is 0.333 e. The molecule has 334 valence electrons. The first-order valence-electron chi connectivity index (χ1n) is 25.2. The fourth-order valence-electron chi connectivity index (χ4n) is 14.0. The van der Waals surface area contributed by atoms with E-state index in [1.807, 2.05) is 0 Å². The maximum absolute atomic E-state index is 2.80. The van der Waals surface area contributed by atoms with Crippen LogP contribution in [0.4, 0.5) is 11.4 Å². The number of hydrogen-bond acceptors (Lipinski definition) is 1. The largest absolute Gasteiger partial charge is 0.376 e. The first-order valence-corrected chi connectivity index (χ1v) is 25.2. The number of aromatic nitrogens is 1. The third kappa shape index (κ3) is 5.19. The van der Waals surface area contributed by atoms with Crippen LogP contribution in [0.3, 0.4) is 0 Å². The average Bonchev–Trinajstić information content (AvgIpc) is 3.82. The van der Waals surface area contributed by atoms with Gasteiger partial charge in [0, 0.05) is 44.2 Å². The predicted molar refractivity (Wildman–Crippen MR) is 288 cm³/mol. The van der Waals surface area contributed by atoms with Crippen molar-refractivity contribution in [3.8, 4) is 39.1 Å². The molecule has 0 spiro atoms. The van der Waals surface area contributed by atoms with Gasteiger partial charge in [-0.3, -0.25) is 0 Å². The molecule has 13 rings (SSSR count). The number of anilines is 2. The van der Waals surface area contributed by atoms with E-state index >= 15 is 0 Å². The van der Waals surface area contributed by atoms with Gasteiger partial charge in [0.15, 0.2) is 0 Å². The van der Waals surface area contributed by atoms with Crippen LogP contribution in [0.2, 0.25) is 0 Å². The Labute approximate surface area is 399 Å². The molecule has 3 heteroatoms. The van der Waals surface area contributed by atoms with Crippen molar-refractivity contribution in [2.75, 3.05) is 4.81 Å². The molecular formula is C64H65BN2. The summed E-state index contributed by atoms with van der Waals surface area (Å²) in [7, 11) is 0. The van der Waals surface area contributed by atoms with Gasteiger partial charge in [-0.05, 0) is 160 Å². The fourth-order valence-corrected chi connectivity index (χ4v) is 14.0. The predicted octanol–water partition coefficient (Wildman–Crippen LogP) is 15.6. The van der Waals surface area contributed by atoms with E-state index in [1.165, 1.54) is 141 Å². The summed E-state index contributed by atoms with van der Waals surface area (Å²) < 4.78 is 2.80. The van der Waals surface area contributed by atoms with Crippen LogP contribution in [-0.2, 0) is 32.5 Å². The molecule has 7 aromatic carbocycles. The van der Waals surface area contributed by atoms with E-state index in [2.05, 4.69) is 222 Å². The van der Waals surface area contributed by atoms with Gasteiger partial charge < -0.3 is 9.38 Å². The Morgan fingerprint density at radius 1 is 0.493 bits per heavy atom. The molecule has 3 heterocycles. The normalized spacial score (nSPS) is 18.3. The molecule has 0 saturated heterocycles. The van der Waals surface area contributed by atoms with Crippen molar-refractivity contribution in [3.05, 3.63) is 160 Å². The van der Waals surface area contributed by atoms with Crippen molar-refractivity contribution in [1.29, 1.82) is 0 Å². The Balaban J connectivity index is 1.29. The molecule has 0 saturated carbocycles. The molecule has 5 aliphatic rings. The van der Waals surface area contributed by atoms with Crippen LogP contribution in [-0.4, -0.2) is 11.4 Å². The average molecular weight is 873 g/mol. The van der Waals surface area contributed by atoms with E-state index < -0.39 is 0 Å². The quantitative estimate of drug-likeness (QED) is 0.149. The number of fused-ring (bicyclic) bond motifs is 17. The molecule has 0 fully saturated rings. The Kier molecular flexibility index (Phi) is 7.81. The van der Waals surface area contributed by atoms with Crippen LogP contribution in [0.5, 0.6) is 0 Å². The summed E-state index contributed by atoms with van der Waals surface area (Å²) in [6.07, 6.45) is 2.37. The molecule has 3 aliphatic carbocycles. The fraction of sp³-hybridized carbons (Fsp3) is 0.344. The topological polar surface area (TPSA) is 8.17 Å². The second kappa shape index (κ2) is 12.6. The van der Waals surface area contributed by atoms with Crippen molar-refractivity contribution in [2.45, 2.75) is 142 Å². The zero-order chi connectivity index (χ0) is 46.9. The van der Waals surface area contributed by atoms with E-state index in [0.717, 1.165) is 0 Å². The summed E-state index contributed by atoms with van der Waals surface area (Å²) >= 11 is 0. The highest BCUT2D eigenvalue weighted by Gasteiger charge is 2.51. The Bertz CT molecular complexity index is 3540. The van der Waals surface area contributed by atoms with Crippen molar-refractivity contribution in [2.24, 2.45) is 0 Å². The molecule has 0 radical (unpaired) electrons. The molecule has 0 bridgehead atoms. The van der Waals surface area contributed by atoms with Gasteiger partial charge in [0.1, 0.15) is 0 Å². The van der Waals surface area contributed by atoms with Gasteiger partial charge in [-0.1, -0.05) is 170 Å². The van der Waals surface area contributed by atoms with Gasteiger partial charge >= 0.3 is 6.85 Å². The molecule has 67 heavy (non-hydrogen) atoms. The lowest BCUT2D eigenvalue weighted by Crippen LogP contribution is -2.61. The minimum atomic E-state index is -0.232. The lowest BCUT2D eigenvalue weighted by Gasteiger charge is -2.44. The van der Waals surface area contributed by atoms with Gasteiger partial charge in [-0.25, -0.2) is 0 Å². The van der Waals surface area contributed by atoms with Crippen molar-refractivity contribution in [1.82, 2.24) is 4.57 Å². The van der Waals surface area contributed by atoms with E-state index in [-0.39, 0.29) is 39.3 Å². The summed E-state index contributed by atoms with van der Waals surface area (Å²) in [6.45, 7) is 33.9. The third-order valence-electron chi connectivity index (χ3n) is 17.9. The molecule has 8 aromatic rings. The first kappa shape index (κ1) is 41.4. The van der Waals surface area contributed by atoms with Gasteiger partial charge in [-0.2, -0.15) is 0 Å². The minimum Gasteiger partial charge on any atom is -0.376 e. The first-order chi connectivity index (χ1) is 31.5. The zero-order valence-corrected chi connectivity index (χ0v) is 42.4. The summed E-state index contributed by atoms with van der Waals surface area (Å²) in [4.78, 5) is 2.75. The molecular weight excluding hydrogens is 808 g/mol. The number of hydrogen-bond donors (Lipinski definition) is 0. The molecule has 2 nitrogen and oxygen atoms in total. The Morgan fingerprint density at radius 3 is 1.75 bits per heavy atom. The summed E-state index contributed by atoms with van der Waals surface area (Å²) in [5, 5.41) is 2.86. The van der Waals surface area contributed by atoms with Crippen LogP contribution < -0.4 is 15.7 Å². The van der Waals surface area contributed by atoms with Crippen LogP contribution in [0, 0.1) is 0 Å². The molecule has 0 atom stereocenters. The molecule has 0 amide bonds. The number of rotatable bonds is 1.